The van der Waals surface area contributed by atoms with Gasteiger partial charge in [-0.2, -0.15) is 0 Å². The van der Waals surface area contributed by atoms with E-state index in [0.717, 1.165) is 11.6 Å². The fourth-order valence-corrected chi connectivity index (χ4v) is 2.63. The second-order valence-corrected chi connectivity index (χ2v) is 5.12. The molecule has 0 saturated heterocycles. The zero-order valence-corrected chi connectivity index (χ0v) is 9.98. The summed E-state index contributed by atoms with van der Waals surface area (Å²) in [6.07, 6.45) is 5.28. The second-order valence-electron chi connectivity index (χ2n) is 4.69. The van der Waals surface area contributed by atoms with Crippen molar-refractivity contribution in [3.63, 3.8) is 0 Å². The molecular formula is C13H18ClN. The smallest absolute Gasteiger partial charge is 0.0406 e. The van der Waals surface area contributed by atoms with E-state index in [9.17, 15) is 0 Å². The van der Waals surface area contributed by atoms with E-state index >= 15 is 0 Å². The molecule has 0 aliphatic heterocycles. The summed E-state index contributed by atoms with van der Waals surface area (Å²) in [6.45, 7) is 1.13. The summed E-state index contributed by atoms with van der Waals surface area (Å²) in [5, 5.41) is 4.14. The van der Waals surface area contributed by atoms with Crippen LogP contribution in [0.3, 0.4) is 0 Å². The number of nitrogens with one attached hydrogen (secondary N) is 1. The first-order valence-electron chi connectivity index (χ1n) is 5.63. The van der Waals surface area contributed by atoms with Gasteiger partial charge in [0.1, 0.15) is 0 Å². The summed E-state index contributed by atoms with van der Waals surface area (Å²) in [4.78, 5) is 0. The van der Waals surface area contributed by atoms with E-state index in [0.29, 0.717) is 5.41 Å². The Morgan fingerprint density at radius 2 is 1.93 bits per heavy atom. The normalized spacial score (nSPS) is 18.5. The van der Waals surface area contributed by atoms with Gasteiger partial charge in [-0.1, -0.05) is 30.2 Å². The van der Waals surface area contributed by atoms with Crippen molar-refractivity contribution in [3.05, 3.63) is 34.9 Å². The lowest BCUT2D eigenvalue weighted by Crippen LogP contribution is -2.40. The number of hydrogen-bond donors (Lipinski definition) is 1. The lowest BCUT2D eigenvalue weighted by molar-refractivity contribution is 0.133. The van der Waals surface area contributed by atoms with Crippen LogP contribution in [0.4, 0.5) is 0 Å². The zero-order chi connectivity index (χ0) is 10.7. The number of benzene rings is 1. The number of hydrogen-bond acceptors (Lipinski definition) is 1. The molecule has 1 aromatic carbocycles. The fraction of sp³-hybridized carbons (Fsp3) is 0.538. The van der Waals surface area contributed by atoms with Gasteiger partial charge in [0.05, 0.1) is 0 Å². The van der Waals surface area contributed by atoms with Gasteiger partial charge in [-0.25, -0.2) is 0 Å². The van der Waals surface area contributed by atoms with Crippen molar-refractivity contribution < 1.29 is 0 Å². The van der Waals surface area contributed by atoms with Crippen LogP contribution in [0, 0.1) is 5.41 Å². The highest BCUT2D eigenvalue weighted by Gasteiger charge is 2.35. The van der Waals surface area contributed by atoms with E-state index in [2.05, 4.69) is 17.4 Å². The average Bonchev–Trinajstić information content (AvgIpc) is 2.18. The molecule has 0 radical (unpaired) electrons. The van der Waals surface area contributed by atoms with Crippen LogP contribution < -0.4 is 5.32 Å². The number of halogens is 1. The van der Waals surface area contributed by atoms with E-state index in [-0.39, 0.29) is 0 Å². The van der Waals surface area contributed by atoms with E-state index < -0.39 is 0 Å². The van der Waals surface area contributed by atoms with Crippen molar-refractivity contribution in [3.8, 4) is 0 Å². The van der Waals surface area contributed by atoms with Gasteiger partial charge in [-0.05, 0) is 49.4 Å². The Hall–Kier alpha value is -0.530. The highest BCUT2D eigenvalue weighted by Crippen LogP contribution is 2.43. The van der Waals surface area contributed by atoms with E-state index in [1.54, 1.807) is 0 Å². The maximum atomic E-state index is 5.88. The molecule has 1 nitrogen and oxygen atoms in total. The Balaban J connectivity index is 2.03. The first-order valence-corrected chi connectivity index (χ1v) is 6.01. The van der Waals surface area contributed by atoms with Crippen LogP contribution in [0.2, 0.25) is 5.02 Å². The molecule has 0 amide bonds. The maximum Gasteiger partial charge on any atom is 0.0406 e. The second kappa shape index (κ2) is 4.54. The zero-order valence-electron chi connectivity index (χ0n) is 9.22. The molecule has 15 heavy (non-hydrogen) atoms. The Morgan fingerprint density at radius 1 is 1.27 bits per heavy atom. The predicted molar refractivity (Wildman–Crippen MR) is 65.4 cm³/mol. The molecule has 0 atom stereocenters. The predicted octanol–water partition coefficient (Wildman–Crippen LogP) is 3.27. The summed E-state index contributed by atoms with van der Waals surface area (Å²) in [5.41, 5.74) is 1.93. The molecular weight excluding hydrogens is 206 g/mol. The summed E-state index contributed by atoms with van der Waals surface area (Å²) in [6, 6.07) is 8.28. The molecule has 0 aromatic heterocycles. The molecule has 1 aliphatic rings. The third-order valence-corrected chi connectivity index (χ3v) is 3.71. The third kappa shape index (κ3) is 2.53. The first-order chi connectivity index (χ1) is 7.24. The Morgan fingerprint density at radius 3 is 2.40 bits per heavy atom. The molecule has 1 saturated carbocycles. The van der Waals surface area contributed by atoms with Gasteiger partial charge < -0.3 is 5.32 Å². The van der Waals surface area contributed by atoms with Gasteiger partial charge >= 0.3 is 0 Å². The van der Waals surface area contributed by atoms with Gasteiger partial charge in [-0.3, -0.25) is 0 Å². The third-order valence-electron chi connectivity index (χ3n) is 3.46. The van der Waals surface area contributed by atoms with Gasteiger partial charge in [0, 0.05) is 11.6 Å². The summed E-state index contributed by atoms with van der Waals surface area (Å²) >= 11 is 5.88. The van der Waals surface area contributed by atoms with E-state index in [4.69, 9.17) is 11.6 Å². The molecule has 0 spiro atoms. The van der Waals surface area contributed by atoms with Crippen LogP contribution in [0.1, 0.15) is 24.8 Å². The molecule has 1 aliphatic carbocycles. The van der Waals surface area contributed by atoms with Crippen molar-refractivity contribution >= 4 is 11.6 Å². The van der Waals surface area contributed by atoms with Crippen LogP contribution in [-0.4, -0.2) is 13.6 Å². The van der Waals surface area contributed by atoms with Crippen molar-refractivity contribution in [2.75, 3.05) is 13.6 Å². The monoisotopic (exact) mass is 223 g/mol. The highest BCUT2D eigenvalue weighted by atomic mass is 35.5. The van der Waals surface area contributed by atoms with Gasteiger partial charge in [0.25, 0.3) is 0 Å². The van der Waals surface area contributed by atoms with Crippen LogP contribution in [-0.2, 0) is 6.42 Å². The van der Waals surface area contributed by atoms with Crippen LogP contribution in [0.5, 0.6) is 0 Å². The number of rotatable bonds is 4. The summed E-state index contributed by atoms with van der Waals surface area (Å²) in [5.74, 6) is 0. The van der Waals surface area contributed by atoms with E-state index in [1.165, 1.54) is 31.2 Å². The largest absolute Gasteiger partial charge is 0.319 e. The minimum Gasteiger partial charge on any atom is -0.319 e. The molecule has 1 aromatic rings. The molecule has 1 N–H and O–H groups in total. The van der Waals surface area contributed by atoms with Crippen molar-refractivity contribution in [1.29, 1.82) is 0 Å². The lowest BCUT2D eigenvalue weighted by Gasteiger charge is -2.42. The Kier molecular flexibility index (Phi) is 3.32. The molecule has 1 fully saturated rings. The Labute approximate surface area is 96.8 Å². The molecule has 2 rings (SSSR count). The summed E-state index contributed by atoms with van der Waals surface area (Å²) in [7, 11) is 2.04. The SMILES string of the molecule is CNCC1(Cc2ccc(Cl)cc2)CCC1. The standard InChI is InChI=1S/C13H18ClN/c1-15-10-13(7-2-8-13)9-11-3-5-12(14)6-4-11/h3-6,15H,2,7-10H2,1H3. The van der Waals surface area contributed by atoms with Gasteiger partial charge in [0.2, 0.25) is 0 Å². The fourth-order valence-electron chi connectivity index (χ4n) is 2.50. The lowest BCUT2D eigenvalue weighted by atomic mass is 9.65. The molecule has 2 heteroatoms. The maximum absolute atomic E-state index is 5.88. The van der Waals surface area contributed by atoms with Crippen molar-refractivity contribution in [2.24, 2.45) is 5.41 Å². The van der Waals surface area contributed by atoms with Gasteiger partial charge in [-0.15, -0.1) is 0 Å². The molecule has 0 heterocycles. The van der Waals surface area contributed by atoms with Crippen LogP contribution in [0.25, 0.3) is 0 Å². The molecule has 82 valence electrons. The Bertz CT molecular complexity index is 314. The van der Waals surface area contributed by atoms with E-state index in [1.807, 2.05) is 19.2 Å². The molecule has 0 bridgehead atoms. The van der Waals surface area contributed by atoms with Crippen LogP contribution in [0.15, 0.2) is 24.3 Å². The quantitative estimate of drug-likeness (QED) is 0.826. The summed E-state index contributed by atoms with van der Waals surface area (Å²) < 4.78 is 0. The van der Waals surface area contributed by atoms with Gasteiger partial charge in [0.15, 0.2) is 0 Å². The van der Waals surface area contributed by atoms with Crippen molar-refractivity contribution in [2.45, 2.75) is 25.7 Å². The van der Waals surface area contributed by atoms with Crippen molar-refractivity contribution in [1.82, 2.24) is 5.32 Å². The average molecular weight is 224 g/mol. The minimum atomic E-state index is 0.516. The topological polar surface area (TPSA) is 12.0 Å². The molecule has 0 unspecified atom stereocenters. The highest BCUT2D eigenvalue weighted by molar-refractivity contribution is 6.30. The first kappa shape index (κ1) is 11.0. The minimum absolute atomic E-state index is 0.516. The van der Waals surface area contributed by atoms with Crippen LogP contribution >= 0.6 is 11.6 Å².